The van der Waals surface area contributed by atoms with Crippen LogP contribution in [0.3, 0.4) is 0 Å². The van der Waals surface area contributed by atoms with Gasteiger partial charge in [0.2, 0.25) is 0 Å². The van der Waals surface area contributed by atoms with Crippen molar-refractivity contribution in [3.8, 4) is 6.07 Å². The van der Waals surface area contributed by atoms with Crippen molar-refractivity contribution in [3.05, 3.63) is 48.8 Å². The molecule has 0 unspecified atom stereocenters. The Bertz CT molecular complexity index is 1170. The average molecular weight is 424 g/mol. The highest BCUT2D eigenvalue weighted by Crippen LogP contribution is 2.34. The summed E-state index contributed by atoms with van der Waals surface area (Å²) in [5.74, 6) is 0.606. The molecule has 0 bridgehead atoms. The Labute approximate surface area is 176 Å². The van der Waals surface area contributed by atoms with E-state index >= 15 is 0 Å². The normalized spacial score (nSPS) is 19.4. The van der Waals surface area contributed by atoms with Crippen molar-refractivity contribution in [1.29, 1.82) is 5.26 Å². The van der Waals surface area contributed by atoms with E-state index < -0.39 is 10.0 Å². The molecule has 2 aromatic heterocycles. The molecule has 2 heterocycles. The molecule has 1 saturated carbocycles. The van der Waals surface area contributed by atoms with Gasteiger partial charge in [-0.1, -0.05) is 18.2 Å². The zero-order valence-electron chi connectivity index (χ0n) is 16.7. The van der Waals surface area contributed by atoms with Crippen molar-refractivity contribution in [1.82, 2.24) is 8.96 Å². The van der Waals surface area contributed by atoms with Crippen LogP contribution in [0, 0.1) is 17.2 Å². The van der Waals surface area contributed by atoms with E-state index in [4.69, 9.17) is 11.0 Å². The zero-order valence-corrected chi connectivity index (χ0v) is 17.5. The van der Waals surface area contributed by atoms with Crippen LogP contribution < -0.4 is 11.1 Å². The molecule has 0 aliphatic heterocycles. The molecule has 0 amide bonds. The van der Waals surface area contributed by atoms with E-state index in [1.165, 1.54) is 16.4 Å². The number of hydrogen-bond donors (Lipinski definition) is 2. The molecule has 3 N–H and O–H groups in total. The Morgan fingerprint density at radius 1 is 1.17 bits per heavy atom. The Hall–Kier alpha value is -3.05. The summed E-state index contributed by atoms with van der Waals surface area (Å²) in [7, 11) is -3.74. The second-order valence-corrected chi connectivity index (χ2v) is 9.63. The number of anilines is 2. The number of rotatable bonds is 6. The van der Waals surface area contributed by atoms with E-state index in [9.17, 15) is 8.42 Å². The van der Waals surface area contributed by atoms with Gasteiger partial charge in [0.05, 0.1) is 28.5 Å². The van der Waals surface area contributed by atoms with Gasteiger partial charge in [0.25, 0.3) is 10.0 Å². The second kappa shape index (κ2) is 8.36. The number of fused-ring (bicyclic) bond motifs is 1. The molecule has 3 aromatic rings. The lowest BCUT2D eigenvalue weighted by atomic mass is 9.83. The number of nitrogens with two attached hydrogens (primary N) is 1. The van der Waals surface area contributed by atoms with Crippen LogP contribution in [0.15, 0.2) is 53.7 Å². The summed E-state index contributed by atoms with van der Waals surface area (Å²) in [4.78, 5) is 4.53. The van der Waals surface area contributed by atoms with Crippen LogP contribution in [-0.4, -0.2) is 23.4 Å². The molecule has 0 spiro atoms. The molecule has 0 saturated heterocycles. The Kier molecular flexibility index (Phi) is 5.64. The lowest BCUT2D eigenvalue weighted by Crippen LogP contribution is -2.26. The number of nitrogens with one attached hydrogen (secondary N) is 1. The van der Waals surface area contributed by atoms with Crippen LogP contribution in [-0.2, 0) is 10.0 Å². The van der Waals surface area contributed by atoms with Crippen LogP contribution >= 0.6 is 0 Å². The third kappa shape index (κ3) is 3.85. The molecule has 30 heavy (non-hydrogen) atoms. The molecule has 8 heteroatoms. The summed E-state index contributed by atoms with van der Waals surface area (Å²) in [6.45, 7) is 0. The quantitative estimate of drug-likeness (QED) is 0.616. The summed E-state index contributed by atoms with van der Waals surface area (Å²) >= 11 is 0. The van der Waals surface area contributed by atoms with E-state index in [-0.39, 0.29) is 10.9 Å². The van der Waals surface area contributed by atoms with E-state index in [0.717, 1.165) is 37.8 Å². The molecular weight excluding hydrogens is 398 g/mol. The van der Waals surface area contributed by atoms with Gasteiger partial charge in [0, 0.05) is 24.0 Å². The second-order valence-electron chi connectivity index (χ2n) is 7.81. The minimum atomic E-state index is -3.74. The molecule has 0 atom stereocenters. The molecule has 0 radical (unpaired) electrons. The minimum Gasteiger partial charge on any atom is -0.396 e. The van der Waals surface area contributed by atoms with Crippen LogP contribution in [0.4, 0.5) is 11.4 Å². The predicted octanol–water partition coefficient (Wildman–Crippen LogP) is 4.13. The monoisotopic (exact) mass is 423 g/mol. The van der Waals surface area contributed by atoms with Gasteiger partial charge in [0.1, 0.15) is 0 Å². The molecule has 156 valence electrons. The standard InChI is InChI=1S/C22H25N5O2S/c23-13-4-5-16-8-10-17(11-9-16)26-21-19-12-14-27(22(19)25-15-20(21)24)30(28,29)18-6-2-1-3-7-18/h1-3,6-7,12,14-17H,4-5,8-11,24H2,(H,25,26). The molecule has 7 nitrogen and oxygen atoms in total. The summed E-state index contributed by atoms with van der Waals surface area (Å²) in [5, 5.41) is 13.0. The first kappa shape index (κ1) is 20.2. The molecule has 1 aliphatic rings. The summed E-state index contributed by atoms with van der Waals surface area (Å²) in [6.07, 6.45) is 8.79. The van der Waals surface area contributed by atoms with Crippen LogP contribution in [0.2, 0.25) is 0 Å². The first-order valence-corrected chi connectivity index (χ1v) is 11.6. The Balaban J connectivity index is 1.60. The highest BCUT2D eigenvalue weighted by Gasteiger charge is 2.24. The summed E-state index contributed by atoms with van der Waals surface area (Å²) < 4.78 is 27.3. The lowest BCUT2D eigenvalue weighted by molar-refractivity contribution is 0.323. The molecule has 1 aliphatic carbocycles. The maximum absolute atomic E-state index is 13.1. The fourth-order valence-corrected chi connectivity index (χ4v) is 5.53. The van der Waals surface area contributed by atoms with Gasteiger partial charge < -0.3 is 11.1 Å². The van der Waals surface area contributed by atoms with Gasteiger partial charge in [-0.2, -0.15) is 5.26 Å². The number of hydrogen-bond acceptors (Lipinski definition) is 6. The Morgan fingerprint density at radius 3 is 2.60 bits per heavy atom. The van der Waals surface area contributed by atoms with Crippen molar-refractivity contribution in [3.63, 3.8) is 0 Å². The highest BCUT2D eigenvalue weighted by atomic mass is 32.2. The van der Waals surface area contributed by atoms with Gasteiger partial charge in [-0.3, -0.25) is 0 Å². The summed E-state index contributed by atoms with van der Waals surface area (Å²) in [6, 6.07) is 12.6. The number of benzene rings is 1. The van der Waals surface area contributed by atoms with Crippen LogP contribution in [0.1, 0.15) is 38.5 Å². The molecule has 4 rings (SSSR count). The topological polar surface area (TPSA) is 114 Å². The van der Waals surface area contributed by atoms with E-state index in [2.05, 4.69) is 16.4 Å². The fraction of sp³-hybridized carbons (Fsp3) is 0.364. The van der Waals surface area contributed by atoms with Gasteiger partial charge in [-0.15, -0.1) is 0 Å². The van der Waals surface area contributed by atoms with E-state index in [0.29, 0.717) is 29.1 Å². The number of aromatic nitrogens is 2. The number of nitrogen functional groups attached to an aromatic ring is 1. The van der Waals surface area contributed by atoms with Gasteiger partial charge >= 0.3 is 0 Å². The van der Waals surface area contributed by atoms with E-state index in [1.54, 1.807) is 36.4 Å². The third-order valence-corrected chi connectivity index (χ3v) is 7.55. The largest absolute Gasteiger partial charge is 0.396 e. The smallest absolute Gasteiger partial charge is 0.269 e. The van der Waals surface area contributed by atoms with Crippen molar-refractivity contribution in [2.75, 3.05) is 11.1 Å². The Morgan fingerprint density at radius 2 is 1.90 bits per heavy atom. The van der Waals surface area contributed by atoms with Crippen molar-refractivity contribution in [2.24, 2.45) is 5.92 Å². The zero-order chi connectivity index (χ0) is 21.1. The molecule has 1 fully saturated rings. The van der Waals surface area contributed by atoms with E-state index in [1.807, 2.05) is 0 Å². The minimum absolute atomic E-state index is 0.214. The SMILES string of the molecule is N#CCCC1CCC(Nc2c(N)cnc3c2ccn3S(=O)(=O)c2ccccc2)CC1. The lowest BCUT2D eigenvalue weighted by Gasteiger charge is -2.30. The maximum atomic E-state index is 13.1. The number of pyridine rings is 1. The van der Waals surface area contributed by atoms with Crippen molar-refractivity contribution < 1.29 is 8.42 Å². The summed E-state index contributed by atoms with van der Waals surface area (Å²) in [5.41, 5.74) is 7.81. The number of nitriles is 1. The number of nitrogens with zero attached hydrogens (tertiary/aromatic N) is 3. The maximum Gasteiger partial charge on any atom is 0.269 e. The molecule has 1 aromatic carbocycles. The highest BCUT2D eigenvalue weighted by molar-refractivity contribution is 7.90. The van der Waals surface area contributed by atoms with Crippen LogP contribution in [0.5, 0.6) is 0 Å². The third-order valence-electron chi connectivity index (χ3n) is 5.87. The first-order valence-electron chi connectivity index (χ1n) is 10.2. The van der Waals surface area contributed by atoms with Gasteiger partial charge in [-0.05, 0) is 56.2 Å². The average Bonchev–Trinajstić information content (AvgIpc) is 3.21. The van der Waals surface area contributed by atoms with Gasteiger partial charge in [0.15, 0.2) is 5.65 Å². The van der Waals surface area contributed by atoms with Crippen molar-refractivity contribution >= 4 is 32.4 Å². The first-order chi connectivity index (χ1) is 14.5. The van der Waals surface area contributed by atoms with Gasteiger partial charge in [-0.25, -0.2) is 17.4 Å². The molecular formula is C22H25N5O2S. The van der Waals surface area contributed by atoms with Crippen molar-refractivity contribution in [2.45, 2.75) is 49.5 Å². The fourth-order valence-electron chi connectivity index (χ4n) is 4.21. The van der Waals surface area contributed by atoms with Crippen LogP contribution in [0.25, 0.3) is 11.0 Å². The predicted molar refractivity (Wildman–Crippen MR) is 117 cm³/mol.